The second-order valence-corrected chi connectivity index (χ2v) is 9.35. The van der Waals surface area contributed by atoms with Gasteiger partial charge in [-0.3, -0.25) is 0 Å². The molecule has 27 heavy (non-hydrogen) atoms. The SMILES string of the molecule is C=C(OCC(CC)CC)[C@@H]1C[C@@]1(C)CC[C@@H](C)O[C@@H]1O[C@@H](C)[C@H](O)C[C@H]1C. The Morgan fingerprint density at radius 2 is 1.96 bits per heavy atom. The average molecular weight is 383 g/mol. The first-order valence-corrected chi connectivity index (χ1v) is 11.0. The molecule has 7 atom stereocenters. The third-order valence-corrected chi connectivity index (χ3v) is 6.86. The first-order chi connectivity index (χ1) is 12.7. The van der Waals surface area contributed by atoms with Crippen LogP contribution in [0.4, 0.5) is 0 Å². The topological polar surface area (TPSA) is 47.9 Å². The Morgan fingerprint density at radius 3 is 2.59 bits per heavy atom. The summed E-state index contributed by atoms with van der Waals surface area (Å²) in [6.07, 6.45) is 5.77. The van der Waals surface area contributed by atoms with Crippen molar-refractivity contribution < 1.29 is 19.3 Å². The van der Waals surface area contributed by atoms with E-state index >= 15 is 0 Å². The summed E-state index contributed by atoms with van der Waals surface area (Å²) in [6, 6.07) is 0. The van der Waals surface area contributed by atoms with E-state index < -0.39 is 0 Å². The molecule has 0 radical (unpaired) electrons. The van der Waals surface area contributed by atoms with Crippen molar-refractivity contribution in [2.24, 2.45) is 23.2 Å². The minimum Gasteiger partial charge on any atom is -0.498 e. The molecule has 0 bridgehead atoms. The molecule has 1 aliphatic carbocycles. The van der Waals surface area contributed by atoms with Crippen LogP contribution < -0.4 is 0 Å². The molecule has 2 aliphatic rings. The Labute approximate surface area is 166 Å². The lowest BCUT2D eigenvalue weighted by Crippen LogP contribution is -2.44. The van der Waals surface area contributed by atoms with Gasteiger partial charge in [-0.15, -0.1) is 0 Å². The zero-order valence-corrected chi connectivity index (χ0v) is 18.4. The van der Waals surface area contributed by atoms with Crippen LogP contribution in [0.3, 0.4) is 0 Å². The van der Waals surface area contributed by atoms with Crippen LogP contribution in [0.25, 0.3) is 0 Å². The van der Waals surface area contributed by atoms with E-state index in [-0.39, 0.29) is 30.5 Å². The highest BCUT2D eigenvalue weighted by Gasteiger charge is 2.52. The monoisotopic (exact) mass is 382 g/mol. The van der Waals surface area contributed by atoms with E-state index in [9.17, 15) is 5.11 Å². The number of hydrogen-bond acceptors (Lipinski definition) is 4. The van der Waals surface area contributed by atoms with Gasteiger partial charge < -0.3 is 19.3 Å². The molecular formula is C23H42O4. The summed E-state index contributed by atoms with van der Waals surface area (Å²) in [5.41, 5.74) is 0.297. The van der Waals surface area contributed by atoms with Gasteiger partial charge in [0.15, 0.2) is 6.29 Å². The Balaban J connectivity index is 1.71. The summed E-state index contributed by atoms with van der Waals surface area (Å²) in [5.74, 6) is 2.32. The van der Waals surface area contributed by atoms with Crippen molar-refractivity contribution in [3.8, 4) is 0 Å². The molecule has 0 aromatic rings. The normalized spacial score (nSPS) is 37.3. The minimum atomic E-state index is -0.382. The lowest BCUT2D eigenvalue weighted by atomic mass is 9.95. The molecular weight excluding hydrogens is 340 g/mol. The maximum Gasteiger partial charge on any atom is 0.161 e. The van der Waals surface area contributed by atoms with Gasteiger partial charge >= 0.3 is 0 Å². The number of allylic oxidation sites excluding steroid dienone is 1. The Hall–Kier alpha value is -0.580. The van der Waals surface area contributed by atoms with E-state index in [1.165, 1.54) is 6.42 Å². The van der Waals surface area contributed by atoms with E-state index in [0.29, 0.717) is 17.3 Å². The van der Waals surface area contributed by atoms with Crippen LogP contribution in [0, 0.1) is 23.2 Å². The van der Waals surface area contributed by atoms with Gasteiger partial charge in [-0.1, -0.05) is 47.1 Å². The van der Waals surface area contributed by atoms with Crippen LogP contribution in [0.5, 0.6) is 0 Å². The summed E-state index contributed by atoms with van der Waals surface area (Å²) >= 11 is 0. The highest BCUT2D eigenvalue weighted by Crippen LogP contribution is 2.59. The van der Waals surface area contributed by atoms with E-state index in [2.05, 4.69) is 41.2 Å². The maximum atomic E-state index is 9.91. The van der Waals surface area contributed by atoms with Crippen LogP contribution in [-0.2, 0) is 14.2 Å². The number of hydrogen-bond donors (Lipinski definition) is 1. The van der Waals surface area contributed by atoms with Crippen molar-refractivity contribution in [3.63, 3.8) is 0 Å². The quantitative estimate of drug-likeness (QED) is 0.493. The predicted octanol–water partition coefficient (Wildman–Crippen LogP) is 5.30. The van der Waals surface area contributed by atoms with Crippen LogP contribution >= 0.6 is 0 Å². The number of rotatable bonds is 11. The molecule has 0 aromatic carbocycles. The molecule has 4 nitrogen and oxygen atoms in total. The van der Waals surface area contributed by atoms with Gasteiger partial charge in [0, 0.05) is 11.8 Å². The fourth-order valence-corrected chi connectivity index (χ4v) is 4.15. The predicted molar refractivity (Wildman–Crippen MR) is 109 cm³/mol. The molecule has 1 aliphatic heterocycles. The molecule has 158 valence electrons. The standard InChI is InChI=1S/C23H42O4/c1-8-19(9-2)14-25-17(5)20-13-23(20,7)11-10-16(4)26-22-15(3)12-21(24)18(6)27-22/h15-16,18-22,24H,5,8-14H2,1-4,6-7H3/t15-,16-,18+,20+,21-,22-,23-/m1/s1. The molecule has 2 rings (SSSR count). The van der Waals surface area contributed by atoms with Crippen molar-refractivity contribution in [3.05, 3.63) is 12.3 Å². The van der Waals surface area contributed by atoms with Crippen molar-refractivity contribution in [2.45, 2.75) is 105 Å². The Bertz CT molecular complexity index is 475. The molecule has 0 spiro atoms. The van der Waals surface area contributed by atoms with E-state index in [0.717, 1.165) is 44.5 Å². The summed E-state index contributed by atoms with van der Waals surface area (Å²) in [6.45, 7) is 17.9. The number of aliphatic hydroxyl groups excluding tert-OH is 1. The van der Waals surface area contributed by atoms with Crippen LogP contribution in [0.2, 0.25) is 0 Å². The van der Waals surface area contributed by atoms with Crippen molar-refractivity contribution in [1.29, 1.82) is 0 Å². The van der Waals surface area contributed by atoms with Gasteiger partial charge in [-0.25, -0.2) is 0 Å². The van der Waals surface area contributed by atoms with E-state index in [4.69, 9.17) is 14.2 Å². The van der Waals surface area contributed by atoms with Gasteiger partial charge in [0.1, 0.15) is 0 Å². The molecule has 1 heterocycles. The third-order valence-electron chi connectivity index (χ3n) is 6.86. The largest absolute Gasteiger partial charge is 0.498 e. The summed E-state index contributed by atoms with van der Waals surface area (Å²) in [5, 5.41) is 9.91. The molecule has 2 fully saturated rings. The lowest BCUT2D eigenvalue weighted by Gasteiger charge is -2.37. The fraction of sp³-hybridized carbons (Fsp3) is 0.913. The molecule has 0 amide bonds. The van der Waals surface area contributed by atoms with Crippen LogP contribution in [-0.4, -0.2) is 36.3 Å². The number of ether oxygens (including phenoxy) is 3. The van der Waals surface area contributed by atoms with Gasteiger partial charge in [0.05, 0.1) is 30.7 Å². The fourth-order valence-electron chi connectivity index (χ4n) is 4.15. The van der Waals surface area contributed by atoms with Crippen molar-refractivity contribution in [2.75, 3.05) is 6.61 Å². The average Bonchev–Trinajstić information content (AvgIpc) is 3.31. The summed E-state index contributed by atoms with van der Waals surface area (Å²) < 4.78 is 18.0. The molecule has 1 saturated heterocycles. The highest BCUT2D eigenvalue weighted by atomic mass is 16.7. The number of aliphatic hydroxyl groups is 1. The second-order valence-electron chi connectivity index (χ2n) is 9.35. The molecule has 0 unspecified atom stereocenters. The minimum absolute atomic E-state index is 0.150. The highest BCUT2D eigenvalue weighted by molar-refractivity contribution is 5.13. The second kappa shape index (κ2) is 9.76. The first kappa shape index (κ1) is 22.7. The van der Waals surface area contributed by atoms with Gasteiger partial charge in [-0.05, 0) is 50.9 Å². The molecule has 1 saturated carbocycles. The van der Waals surface area contributed by atoms with Crippen molar-refractivity contribution in [1.82, 2.24) is 0 Å². The van der Waals surface area contributed by atoms with E-state index in [1.807, 2.05) is 6.92 Å². The summed E-state index contributed by atoms with van der Waals surface area (Å²) in [4.78, 5) is 0. The van der Waals surface area contributed by atoms with Crippen LogP contribution in [0.1, 0.15) is 80.1 Å². The van der Waals surface area contributed by atoms with Gasteiger partial charge in [0.25, 0.3) is 0 Å². The molecule has 4 heteroatoms. The summed E-state index contributed by atoms with van der Waals surface area (Å²) in [7, 11) is 0. The molecule has 1 N–H and O–H groups in total. The third kappa shape index (κ3) is 6.20. The van der Waals surface area contributed by atoms with E-state index in [1.54, 1.807) is 0 Å². The smallest absolute Gasteiger partial charge is 0.161 e. The maximum absolute atomic E-state index is 9.91. The lowest BCUT2D eigenvalue weighted by molar-refractivity contribution is -0.255. The zero-order valence-electron chi connectivity index (χ0n) is 18.4. The van der Waals surface area contributed by atoms with Crippen molar-refractivity contribution >= 4 is 0 Å². The Morgan fingerprint density at radius 1 is 1.30 bits per heavy atom. The Kier molecular flexibility index (Phi) is 8.20. The van der Waals surface area contributed by atoms with Gasteiger partial charge in [-0.2, -0.15) is 0 Å². The van der Waals surface area contributed by atoms with Crippen LogP contribution in [0.15, 0.2) is 12.3 Å². The van der Waals surface area contributed by atoms with Gasteiger partial charge in [0.2, 0.25) is 0 Å². The molecule has 0 aromatic heterocycles. The zero-order chi connectivity index (χ0) is 20.2. The first-order valence-electron chi connectivity index (χ1n) is 11.0.